The molecule has 0 aliphatic heterocycles. The van der Waals surface area contributed by atoms with Crippen molar-refractivity contribution in [2.75, 3.05) is 12.4 Å². The number of nitrogens with one attached hydrogen (secondary N) is 1. The summed E-state index contributed by atoms with van der Waals surface area (Å²) in [6.45, 7) is 0. The summed E-state index contributed by atoms with van der Waals surface area (Å²) in [5.41, 5.74) is 0. The van der Waals surface area contributed by atoms with Crippen molar-refractivity contribution in [3.63, 3.8) is 0 Å². The minimum atomic E-state index is 0.352. The zero-order valence-corrected chi connectivity index (χ0v) is 11.0. The maximum Gasteiger partial charge on any atom is 0.219 e. The molecule has 0 bridgehead atoms. The molecule has 0 saturated heterocycles. The predicted octanol–water partition coefficient (Wildman–Crippen LogP) is 3.11. The Labute approximate surface area is 108 Å². The number of nitrogens with zero attached hydrogens (tertiary/aromatic N) is 2. The second-order valence-corrected chi connectivity index (χ2v) is 5.35. The van der Waals surface area contributed by atoms with E-state index >= 15 is 0 Å². The van der Waals surface area contributed by atoms with E-state index in [2.05, 4.69) is 15.3 Å². The molecule has 2 saturated carbocycles. The van der Waals surface area contributed by atoms with Crippen molar-refractivity contribution in [1.29, 1.82) is 0 Å². The first-order valence-corrected chi connectivity index (χ1v) is 7.08. The lowest BCUT2D eigenvalue weighted by Gasteiger charge is -2.22. The molecule has 2 aliphatic rings. The molecule has 0 aromatic carbocycles. The Bertz CT molecular complexity index is 412. The average Bonchev–Trinajstić information content (AvgIpc) is 3.24. The Morgan fingerprint density at radius 1 is 1.11 bits per heavy atom. The third-order valence-corrected chi connectivity index (χ3v) is 3.76. The fourth-order valence-corrected chi connectivity index (χ4v) is 2.51. The van der Waals surface area contributed by atoms with Gasteiger partial charge in [-0.2, -0.15) is 4.98 Å². The van der Waals surface area contributed by atoms with Gasteiger partial charge in [0.15, 0.2) is 0 Å². The van der Waals surface area contributed by atoms with Crippen LogP contribution in [0.2, 0.25) is 0 Å². The van der Waals surface area contributed by atoms with E-state index in [1.54, 1.807) is 0 Å². The molecular weight excluding hydrogens is 226 g/mol. The van der Waals surface area contributed by atoms with Crippen molar-refractivity contribution >= 4 is 5.82 Å². The summed E-state index contributed by atoms with van der Waals surface area (Å²) >= 11 is 0. The van der Waals surface area contributed by atoms with E-state index in [0.29, 0.717) is 12.0 Å². The predicted molar refractivity (Wildman–Crippen MR) is 71.1 cm³/mol. The number of ether oxygens (including phenoxy) is 1. The minimum absolute atomic E-state index is 0.352. The quantitative estimate of drug-likeness (QED) is 0.888. The second kappa shape index (κ2) is 5.12. The minimum Gasteiger partial charge on any atom is -0.474 e. The molecule has 1 aromatic rings. The number of rotatable bonds is 4. The van der Waals surface area contributed by atoms with Crippen LogP contribution in [0.15, 0.2) is 6.07 Å². The van der Waals surface area contributed by atoms with E-state index in [1.165, 1.54) is 32.1 Å². The zero-order valence-electron chi connectivity index (χ0n) is 11.0. The lowest BCUT2D eigenvalue weighted by Crippen LogP contribution is -2.20. The summed E-state index contributed by atoms with van der Waals surface area (Å²) in [5.74, 6) is 3.14. The first-order chi connectivity index (χ1) is 8.85. The largest absolute Gasteiger partial charge is 0.474 e. The zero-order chi connectivity index (χ0) is 12.4. The summed E-state index contributed by atoms with van der Waals surface area (Å²) in [6.07, 6.45) is 9.03. The molecule has 2 fully saturated rings. The Kier molecular flexibility index (Phi) is 3.35. The standard InChI is InChI=1S/C14H21N3O/c1-15-12-9-13(17-14(16-12)10-7-8-10)18-11-5-3-2-4-6-11/h9-11H,2-8H2,1H3,(H,15,16,17). The fourth-order valence-electron chi connectivity index (χ4n) is 2.51. The summed E-state index contributed by atoms with van der Waals surface area (Å²) in [4.78, 5) is 9.07. The Morgan fingerprint density at radius 2 is 1.89 bits per heavy atom. The Morgan fingerprint density at radius 3 is 2.56 bits per heavy atom. The van der Waals surface area contributed by atoms with Crippen LogP contribution < -0.4 is 10.1 Å². The van der Waals surface area contributed by atoms with Crippen molar-refractivity contribution < 1.29 is 4.74 Å². The second-order valence-electron chi connectivity index (χ2n) is 5.35. The molecule has 2 aliphatic carbocycles. The van der Waals surface area contributed by atoms with Crippen molar-refractivity contribution in [3.8, 4) is 5.88 Å². The van der Waals surface area contributed by atoms with Crippen LogP contribution in [0.1, 0.15) is 56.7 Å². The molecule has 98 valence electrons. The van der Waals surface area contributed by atoms with Crippen molar-refractivity contribution in [2.45, 2.75) is 57.0 Å². The molecule has 3 rings (SSSR count). The number of anilines is 1. The van der Waals surface area contributed by atoms with E-state index in [1.807, 2.05) is 13.1 Å². The average molecular weight is 247 g/mol. The van der Waals surface area contributed by atoms with E-state index in [-0.39, 0.29) is 0 Å². The molecule has 0 unspecified atom stereocenters. The Balaban J connectivity index is 1.74. The van der Waals surface area contributed by atoms with Crippen LogP contribution in [0, 0.1) is 0 Å². The lowest BCUT2D eigenvalue weighted by molar-refractivity contribution is 0.148. The van der Waals surface area contributed by atoms with Gasteiger partial charge < -0.3 is 10.1 Å². The lowest BCUT2D eigenvalue weighted by atomic mass is 9.98. The van der Waals surface area contributed by atoms with Crippen LogP contribution in [-0.2, 0) is 0 Å². The van der Waals surface area contributed by atoms with Crippen LogP contribution in [0.5, 0.6) is 5.88 Å². The van der Waals surface area contributed by atoms with Crippen LogP contribution in [0.4, 0.5) is 5.82 Å². The van der Waals surface area contributed by atoms with Gasteiger partial charge in [-0.3, -0.25) is 0 Å². The van der Waals surface area contributed by atoms with Gasteiger partial charge >= 0.3 is 0 Å². The van der Waals surface area contributed by atoms with Gasteiger partial charge in [0.05, 0.1) is 0 Å². The maximum absolute atomic E-state index is 6.03. The molecule has 4 nitrogen and oxygen atoms in total. The third kappa shape index (κ3) is 2.74. The normalized spacial score (nSPS) is 20.7. The molecule has 1 heterocycles. The van der Waals surface area contributed by atoms with Crippen molar-refractivity contribution in [1.82, 2.24) is 9.97 Å². The van der Waals surface area contributed by atoms with Crippen LogP contribution in [0.3, 0.4) is 0 Å². The summed E-state index contributed by atoms with van der Waals surface area (Å²) in [5, 5.41) is 3.10. The molecule has 0 atom stereocenters. The van der Waals surface area contributed by atoms with Gasteiger partial charge in [0, 0.05) is 19.0 Å². The van der Waals surface area contributed by atoms with Gasteiger partial charge in [-0.25, -0.2) is 4.98 Å². The molecule has 1 aromatic heterocycles. The van der Waals surface area contributed by atoms with E-state index in [0.717, 1.165) is 30.4 Å². The van der Waals surface area contributed by atoms with Gasteiger partial charge in [-0.05, 0) is 38.5 Å². The smallest absolute Gasteiger partial charge is 0.219 e. The van der Waals surface area contributed by atoms with Gasteiger partial charge in [-0.1, -0.05) is 6.42 Å². The molecule has 4 heteroatoms. The van der Waals surface area contributed by atoms with Crippen LogP contribution in [-0.4, -0.2) is 23.1 Å². The first-order valence-electron chi connectivity index (χ1n) is 7.08. The fraction of sp³-hybridized carbons (Fsp3) is 0.714. The van der Waals surface area contributed by atoms with Gasteiger partial charge in [0.2, 0.25) is 5.88 Å². The molecule has 18 heavy (non-hydrogen) atoms. The van der Waals surface area contributed by atoms with Gasteiger partial charge in [-0.15, -0.1) is 0 Å². The molecule has 0 amide bonds. The van der Waals surface area contributed by atoms with Gasteiger partial charge in [0.1, 0.15) is 17.7 Å². The summed E-state index contributed by atoms with van der Waals surface area (Å²) < 4.78 is 6.03. The van der Waals surface area contributed by atoms with E-state index < -0.39 is 0 Å². The summed E-state index contributed by atoms with van der Waals surface area (Å²) in [7, 11) is 1.89. The van der Waals surface area contributed by atoms with Gasteiger partial charge in [0.25, 0.3) is 0 Å². The highest BCUT2D eigenvalue weighted by atomic mass is 16.5. The highest BCUT2D eigenvalue weighted by Crippen LogP contribution is 2.39. The van der Waals surface area contributed by atoms with Crippen molar-refractivity contribution in [2.24, 2.45) is 0 Å². The highest BCUT2D eigenvalue weighted by molar-refractivity contribution is 5.38. The number of aromatic nitrogens is 2. The summed E-state index contributed by atoms with van der Waals surface area (Å²) in [6, 6.07) is 1.92. The molecular formula is C14H21N3O. The highest BCUT2D eigenvalue weighted by Gasteiger charge is 2.28. The maximum atomic E-state index is 6.03. The SMILES string of the molecule is CNc1cc(OC2CCCCC2)nc(C2CC2)n1. The number of hydrogen-bond donors (Lipinski definition) is 1. The Hall–Kier alpha value is -1.32. The van der Waals surface area contributed by atoms with E-state index in [4.69, 9.17) is 4.74 Å². The van der Waals surface area contributed by atoms with Crippen LogP contribution in [0.25, 0.3) is 0 Å². The molecule has 1 N–H and O–H groups in total. The first kappa shape index (κ1) is 11.8. The molecule has 0 spiro atoms. The van der Waals surface area contributed by atoms with E-state index in [9.17, 15) is 0 Å². The topological polar surface area (TPSA) is 47.0 Å². The molecule has 0 radical (unpaired) electrons. The monoisotopic (exact) mass is 247 g/mol. The third-order valence-electron chi connectivity index (χ3n) is 3.76. The van der Waals surface area contributed by atoms with Crippen LogP contribution >= 0.6 is 0 Å². The van der Waals surface area contributed by atoms with Crippen molar-refractivity contribution in [3.05, 3.63) is 11.9 Å². The number of hydrogen-bond acceptors (Lipinski definition) is 4.